The first-order chi connectivity index (χ1) is 22.0. The van der Waals surface area contributed by atoms with Crippen molar-refractivity contribution in [2.24, 2.45) is 0 Å². The van der Waals surface area contributed by atoms with Crippen LogP contribution in [-0.4, -0.2) is 72.5 Å². The number of aliphatic hydroxyl groups is 2. The van der Waals surface area contributed by atoms with Crippen molar-refractivity contribution < 1.29 is 10.2 Å². The summed E-state index contributed by atoms with van der Waals surface area (Å²) >= 11 is 0. The molecule has 0 fully saturated rings. The molecular weight excluding hydrogens is 552 g/mol. The highest BCUT2D eigenvalue weighted by Crippen LogP contribution is 2.15. The standard InChI is InChI=1S/C41H86N2O2/c1-5-7-9-11-13-15-17-19-21-23-25-27-29-31-34-40(44)38-42(3)36-33-37-43(4)39-41(45)35-32-30-28-26-24-22-20-18-16-14-12-10-8-6-2/h40-41,44-45H,5-39H2,1-4H3. The third-order valence-electron chi connectivity index (χ3n) is 9.91. The molecular formula is C41H86N2O2. The summed E-state index contributed by atoms with van der Waals surface area (Å²) in [5, 5.41) is 21.0. The highest BCUT2D eigenvalue weighted by atomic mass is 16.3. The fourth-order valence-corrected chi connectivity index (χ4v) is 6.84. The molecule has 2 N–H and O–H groups in total. The van der Waals surface area contributed by atoms with E-state index >= 15 is 0 Å². The van der Waals surface area contributed by atoms with Gasteiger partial charge in [0, 0.05) is 13.1 Å². The number of unbranched alkanes of at least 4 members (excludes halogenated alkanes) is 26. The minimum Gasteiger partial charge on any atom is -0.392 e. The molecule has 0 bridgehead atoms. The molecule has 4 nitrogen and oxygen atoms in total. The van der Waals surface area contributed by atoms with Gasteiger partial charge in [0.25, 0.3) is 0 Å². The molecule has 0 aromatic rings. The zero-order chi connectivity index (χ0) is 33.1. The van der Waals surface area contributed by atoms with Crippen LogP contribution < -0.4 is 0 Å². The van der Waals surface area contributed by atoms with E-state index in [1.807, 2.05) is 0 Å². The van der Waals surface area contributed by atoms with Gasteiger partial charge in [-0.2, -0.15) is 0 Å². The lowest BCUT2D eigenvalue weighted by atomic mass is 10.0. The van der Waals surface area contributed by atoms with Gasteiger partial charge in [-0.25, -0.2) is 0 Å². The molecule has 2 atom stereocenters. The second-order valence-electron chi connectivity index (χ2n) is 15.0. The predicted octanol–water partition coefficient (Wildman–Crippen LogP) is 11.7. The number of likely N-dealkylation sites (N-methyl/N-ethyl adjacent to an activating group) is 2. The molecule has 0 saturated heterocycles. The summed E-state index contributed by atoms with van der Waals surface area (Å²) < 4.78 is 0. The molecule has 2 unspecified atom stereocenters. The van der Waals surface area contributed by atoms with Gasteiger partial charge in [-0.3, -0.25) is 0 Å². The Morgan fingerprint density at radius 1 is 0.333 bits per heavy atom. The summed E-state index contributed by atoms with van der Waals surface area (Å²) in [6.45, 7) is 8.16. The largest absolute Gasteiger partial charge is 0.392 e. The van der Waals surface area contributed by atoms with E-state index in [1.165, 1.54) is 167 Å². The Hall–Kier alpha value is -0.160. The Kier molecular flexibility index (Phi) is 36.5. The van der Waals surface area contributed by atoms with Crippen LogP contribution >= 0.6 is 0 Å². The summed E-state index contributed by atoms with van der Waals surface area (Å²) in [5.74, 6) is 0. The normalized spacial score (nSPS) is 13.3. The van der Waals surface area contributed by atoms with Crippen LogP contribution in [0.5, 0.6) is 0 Å². The van der Waals surface area contributed by atoms with E-state index in [9.17, 15) is 10.2 Å². The van der Waals surface area contributed by atoms with Crippen LogP contribution in [0.3, 0.4) is 0 Å². The smallest absolute Gasteiger partial charge is 0.0667 e. The number of rotatable bonds is 38. The highest BCUT2D eigenvalue weighted by molar-refractivity contribution is 4.66. The van der Waals surface area contributed by atoms with E-state index in [0.717, 1.165) is 58.3 Å². The number of hydrogen-bond donors (Lipinski definition) is 2. The number of nitrogens with zero attached hydrogens (tertiary/aromatic N) is 2. The van der Waals surface area contributed by atoms with Crippen molar-refractivity contribution in [1.82, 2.24) is 9.80 Å². The Balaban J connectivity index is 3.47. The third kappa shape index (κ3) is 36.5. The average molecular weight is 639 g/mol. The predicted molar refractivity (Wildman–Crippen MR) is 201 cm³/mol. The van der Waals surface area contributed by atoms with Gasteiger partial charge in [-0.05, 0) is 46.4 Å². The van der Waals surface area contributed by atoms with Crippen LogP contribution in [0.4, 0.5) is 0 Å². The number of aliphatic hydroxyl groups excluding tert-OH is 2. The van der Waals surface area contributed by atoms with Gasteiger partial charge in [0.15, 0.2) is 0 Å². The van der Waals surface area contributed by atoms with E-state index in [4.69, 9.17) is 0 Å². The second kappa shape index (κ2) is 36.7. The SMILES string of the molecule is CCCCCCCCCCCCCCCCC(O)CN(C)CCCN(C)CC(O)CCCCCCCCCCCCCCCC. The van der Waals surface area contributed by atoms with Crippen molar-refractivity contribution in [3.63, 3.8) is 0 Å². The first-order valence-electron chi connectivity index (χ1n) is 20.7. The quantitative estimate of drug-likeness (QED) is 0.0661. The lowest BCUT2D eigenvalue weighted by Crippen LogP contribution is -2.34. The first-order valence-corrected chi connectivity index (χ1v) is 20.7. The second-order valence-corrected chi connectivity index (χ2v) is 15.0. The van der Waals surface area contributed by atoms with Crippen molar-refractivity contribution in [3.8, 4) is 0 Å². The molecule has 4 heteroatoms. The van der Waals surface area contributed by atoms with Crippen molar-refractivity contribution in [3.05, 3.63) is 0 Å². The lowest BCUT2D eigenvalue weighted by Gasteiger charge is -2.24. The molecule has 0 radical (unpaired) electrons. The fourth-order valence-electron chi connectivity index (χ4n) is 6.84. The molecule has 0 heterocycles. The van der Waals surface area contributed by atoms with Gasteiger partial charge in [-0.1, -0.05) is 194 Å². The fraction of sp³-hybridized carbons (Fsp3) is 1.00. The zero-order valence-corrected chi connectivity index (χ0v) is 31.7. The van der Waals surface area contributed by atoms with E-state index in [0.29, 0.717) is 0 Å². The summed E-state index contributed by atoms with van der Waals surface area (Å²) in [7, 11) is 4.28. The van der Waals surface area contributed by atoms with Crippen LogP contribution in [0, 0.1) is 0 Å². The Morgan fingerprint density at radius 3 is 0.800 bits per heavy atom. The van der Waals surface area contributed by atoms with Crippen LogP contribution in [0.2, 0.25) is 0 Å². The summed E-state index contributed by atoms with van der Waals surface area (Å²) in [5.41, 5.74) is 0. The molecule has 0 aromatic carbocycles. The molecule has 0 aromatic heterocycles. The maximum absolute atomic E-state index is 10.5. The maximum atomic E-state index is 10.5. The lowest BCUT2D eigenvalue weighted by molar-refractivity contribution is 0.104. The van der Waals surface area contributed by atoms with E-state index in [2.05, 4.69) is 37.7 Å². The van der Waals surface area contributed by atoms with Crippen LogP contribution in [0.15, 0.2) is 0 Å². The zero-order valence-electron chi connectivity index (χ0n) is 31.7. The van der Waals surface area contributed by atoms with Crippen molar-refractivity contribution >= 4 is 0 Å². The molecule has 0 aliphatic rings. The summed E-state index contributed by atoms with van der Waals surface area (Å²) in [6, 6.07) is 0. The Bertz CT molecular complexity index is 500. The van der Waals surface area contributed by atoms with Crippen molar-refractivity contribution in [2.45, 2.75) is 225 Å². The van der Waals surface area contributed by atoms with Gasteiger partial charge in [0.05, 0.1) is 12.2 Å². The Morgan fingerprint density at radius 2 is 0.556 bits per heavy atom. The minimum atomic E-state index is -0.197. The maximum Gasteiger partial charge on any atom is 0.0667 e. The first kappa shape index (κ1) is 44.8. The van der Waals surface area contributed by atoms with Crippen LogP contribution in [-0.2, 0) is 0 Å². The Labute approximate surface area is 284 Å². The minimum absolute atomic E-state index is 0.197. The van der Waals surface area contributed by atoms with E-state index in [1.54, 1.807) is 0 Å². The van der Waals surface area contributed by atoms with E-state index < -0.39 is 0 Å². The number of hydrogen-bond acceptors (Lipinski definition) is 4. The van der Waals surface area contributed by atoms with E-state index in [-0.39, 0.29) is 12.2 Å². The average Bonchev–Trinajstić information content (AvgIpc) is 3.01. The molecule has 0 spiro atoms. The molecule has 0 rings (SSSR count). The molecule has 0 saturated carbocycles. The topological polar surface area (TPSA) is 46.9 Å². The molecule has 272 valence electrons. The monoisotopic (exact) mass is 639 g/mol. The molecule has 0 amide bonds. The van der Waals surface area contributed by atoms with Gasteiger partial charge in [0.2, 0.25) is 0 Å². The highest BCUT2D eigenvalue weighted by Gasteiger charge is 2.11. The van der Waals surface area contributed by atoms with Crippen molar-refractivity contribution in [1.29, 1.82) is 0 Å². The molecule has 45 heavy (non-hydrogen) atoms. The third-order valence-corrected chi connectivity index (χ3v) is 9.91. The van der Waals surface area contributed by atoms with Gasteiger partial charge in [0.1, 0.15) is 0 Å². The molecule has 0 aliphatic heterocycles. The van der Waals surface area contributed by atoms with Crippen LogP contribution in [0.25, 0.3) is 0 Å². The van der Waals surface area contributed by atoms with Crippen LogP contribution in [0.1, 0.15) is 213 Å². The van der Waals surface area contributed by atoms with Gasteiger partial charge < -0.3 is 20.0 Å². The van der Waals surface area contributed by atoms with Gasteiger partial charge >= 0.3 is 0 Å². The summed E-state index contributed by atoms with van der Waals surface area (Å²) in [6.07, 6.45) is 41.2. The summed E-state index contributed by atoms with van der Waals surface area (Å²) in [4.78, 5) is 4.57. The van der Waals surface area contributed by atoms with Gasteiger partial charge in [-0.15, -0.1) is 0 Å². The molecule has 0 aliphatic carbocycles. The van der Waals surface area contributed by atoms with Crippen molar-refractivity contribution in [2.75, 3.05) is 40.3 Å².